The summed E-state index contributed by atoms with van der Waals surface area (Å²) in [6.45, 7) is 0. The molecule has 5 rings (SSSR count). The standard InChI is InChI=1S/C22H13ClFN3O2S2/c23-14-7-10-19-17(11-14)27(16-3-1-2-4-18(16)31-19)20(28)12-30-22-26-25-21(29-22)13-5-8-15(24)9-6-13/h1-11H,12H2. The van der Waals surface area contributed by atoms with Crippen molar-refractivity contribution < 1.29 is 13.6 Å². The highest BCUT2D eigenvalue weighted by molar-refractivity contribution is 8.00. The molecule has 1 aliphatic heterocycles. The molecule has 0 bridgehead atoms. The van der Waals surface area contributed by atoms with Crippen molar-refractivity contribution in [1.82, 2.24) is 10.2 Å². The minimum Gasteiger partial charge on any atom is -0.411 e. The van der Waals surface area contributed by atoms with Gasteiger partial charge in [-0.1, -0.05) is 47.3 Å². The third-order valence-corrected chi connectivity index (χ3v) is 6.72. The number of thioether (sulfide) groups is 1. The van der Waals surface area contributed by atoms with Crippen molar-refractivity contribution >= 4 is 52.4 Å². The minimum atomic E-state index is -0.344. The molecule has 0 atom stereocenters. The Kier molecular flexibility index (Phi) is 5.43. The predicted molar refractivity (Wildman–Crippen MR) is 120 cm³/mol. The summed E-state index contributed by atoms with van der Waals surface area (Å²) in [5.74, 6) is -0.117. The van der Waals surface area contributed by atoms with Crippen LogP contribution in [0.5, 0.6) is 0 Å². The number of para-hydroxylation sites is 1. The molecule has 0 aliphatic carbocycles. The van der Waals surface area contributed by atoms with E-state index in [0.717, 1.165) is 32.9 Å². The van der Waals surface area contributed by atoms with Crippen molar-refractivity contribution in [3.05, 3.63) is 77.6 Å². The average Bonchev–Trinajstić information content (AvgIpc) is 3.25. The molecule has 0 saturated heterocycles. The minimum absolute atomic E-state index is 0.0933. The summed E-state index contributed by atoms with van der Waals surface area (Å²) in [6, 6.07) is 19.0. The topological polar surface area (TPSA) is 59.2 Å². The molecule has 5 nitrogen and oxygen atoms in total. The van der Waals surface area contributed by atoms with Crippen LogP contribution in [0.25, 0.3) is 11.5 Å². The Morgan fingerprint density at radius 3 is 2.65 bits per heavy atom. The number of hydrogen-bond acceptors (Lipinski definition) is 6. The molecule has 0 fully saturated rings. The monoisotopic (exact) mass is 469 g/mol. The van der Waals surface area contributed by atoms with Crippen LogP contribution in [0.2, 0.25) is 5.02 Å². The lowest BCUT2D eigenvalue weighted by Gasteiger charge is -2.31. The first-order valence-corrected chi connectivity index (χ1v) is 11.4. The normalized spacial score (nSPS) is 12.4. The Morgan fingerprint density at radius 2 is 1.81 bits per heavy atom. The zero-order valence-electron chi connectivity index (χ0n) is 15.8. The number of fused-ring (bicyclic) bond motifs is 2. The SMILES string of the molecule is O=C(CSc1nnc(-c2ccc(F)cc2)o1)N1c2ccccc2Sc2ccc(Cl)cc21. The highest BCUT2D eigenvalue weighted by Crippen LogP contribution is 2.49. The van der Waals surface area contributed by atoms with Gasteiger partial charge in [-0.2, -0.15) is 0 Å². The Bertz CT molecular complexity index is 1280. The second-order valence-electron chi connectivity index (χ2n) is 6.58. The van der Waals surface area contributed by atoms with Gasteiger partial charge in [-0.25, -0.2) is 4.39 Å². The zero-order valence-corrected chi connectivity index (χ0v) is 18.2. The van der Waals surface area contributed by atoms with Crippen molar-refractivity contribution in [2.45, 2.75) is 15.0 Å². The summed E-state index contributed by atoms with van der Waals surface area (Å²) in [6.07, 6.45) is 0. The van der Waals surface area contributed by atoms with Gasteiger partial charge < -0.3 is 4.42 Å². The molecule has 3 aromatic carbocycles. The predicted octanol–water partition coefficient (Wildman–Crippen LogP) is 6.45. The van der Waals surface area contributed by atoms with Crippen LogP contribution in [-0.2, 0) is 4.79 Å². The smallest absolute Gasteiger partial charge is 0.277 e. The summed E-state index contributed by atoms with van der Waals surface area (Å²) in [4.78, 5) is 16.9. The number of nitrogens with zero attached hydrogens (tertiary/aromatic N) is 3. The average molecular weight is 470 g/mol. The molecular formula is C22H13ClFN3O2S2. The number of aromatic nitrogens is 2. The van der Waals surface area contributed by atoms with Gasteiger partial charge in [0, 0.05) is 20.4 Å². The van der Waals surface area contributed by atoms with Gasteiger partial charge in [0.05, 0.1) is 17.1 Å². The molecule has 154 valence electrons. The number of halogens is 2. The molecule has 1 aliphatic rings. The van der Waals surface area contributed by atoms with Crippen molar-refractivity contribution in [1.29, 1.82) is 0 Å². The van der Waals surface area contributed by atoms with E-state index in [1.807, 2.05) is 36.4 Å². The fraction of sp³-hybridized carbons (Fsp3) is 0.0455. The van der Waals surface area contributed by atoms with E-state index in [1.54, 1.807) is 34.9 Å². The molecule has 9 heteroatoms. The number of rotatable bonds is 4. The summed E-state index contributed by atoms with van der Waals surface area (Å²) in [7, 11) is 0. The van der Waals surface area contributed by atoms with Crippen LogP contribution in [0.1, 0.15) is 0 Å². The summed E-state index contributed by atoms with van der Waals surface area (Å²) in [5.41, 5.74) is 2.17. The van der Waals surface area contributed by atoms with Crippen LogP contribution in [0.3, 0.4) is 0 Å². The number of hydrogen-bond donors (Lipinski definition) is 0. The van der Waals surface area contributed by atoms with Crippen molar-refractivity contribution in [3.63, 3.8) is 0 Å². The molecule has 4 aromatic rings. The lowest BCUT2D eigenvalue weighted by Crippen LogP contribution is -2.30. The third-order valence-electron chi connectivity index (χ3n) is 4.55. The number of carbonyl (C=O) groups excluding carboxylic acids is 1. The van der Waals surface area contributed by atoms with Crippen molar-refractivity contribution in [2.75, 3.05) is 10.7 Å². The third kappa shape index (κ3) is 4.06. The molecule has 31 heavy (non-hydrogen) atoms. The number of amides is 1. The van der Waals surface area contributed by atoms with Gasteiger partial charge in [0.2, 0.25) is 11.8 Å². The zero-order chi connectivity index (χ0) is 21.4. The lowest BCUT2D eigenvalue weighted by atomic mass is 10.2. The highest BCUT2D eigenvalue weighted by Gasteiger charge is 2.28. The van der Waals surface area contributed by atoms with E-state index < -0.39 is 0 Å². The van der Waals surface area contributed by atoms with E-state index in [2.05, 4.69) is 10.2 Å². The molecule has 1 amide bonds. The number of benzene rings is 3. The molecule has 0 spiro atoms. The van der Waals surface area contributed by atoms with Crippen LogP contribution >= 0.6 is 35.1 Å². The molecule has 0 N–H and O–H groups in total. The van der Waals surface area contributed by atoms with Gasteiger partial charge in [0.1, 0.15) is 5.82 Å². The molecule has 2 heterocycles. The van der Waals surface area contributed by atoms with Crippen LogP contribution < -0.4 is 4.90 Å². The summed E-state index contributed by atoms with van der Waals surface area (Å²) < 4.78 is 18.7. The number of anilines is 2. The quantitative estimate of drug-likeness (QED) is 0.320. The molecule has 0 radical (unpaired) electrons. The first kappa shape index (κ1) is 20.1. The lowest BCUT2D eigenvalue weighted by molar-refractivity contribution is -0.115. The molecular weight excluding hydrogens is 457 g/mol. The summed E-state index contributed by atoms with van der Waals surface area (Å²) in [5, 5.41) is 8.80. The maximum absolute atomic E-state index is 13.2. The Balaban J connectivity index is 1.38. The van der Waals surface area contributed by atoms with Gasteiger partial charge in [-0.3, -0.25) is 9.69 Å². The second-order valence-corrected chi connectivity index (χ2v) is 9.03. The van der Waals surface area contributed by atoms with Gasteiger partial charge in [-0.15, -0.1) is 10.2 Å². The fourth-order valence-electron chi connectivity index (χ4n) is 3.16. The van der Waals surface area contributed by atoms with Crippen molar-refractivity contribution in [2.24, 2.45) is 0 Å². The maximum Gasteiger partial charge on any atom is 0.277 e. The second kappa shape index (κ2) is 8.37. The van der Waals surface area contributed by atoms with Crippen LogP contribution in [0.15, 0.2) is 86.2 Å². The van der Waals surface area contributed by atoms with Gasteiger partial charge in [0.25, 0.3) is 5.22 Å². The summed E-state index contributed by atoms with van der Waals surface area (Å²) >= 11 is 8.96. The van der Waals surface area contributed by atoms with Gasteiger partial charge in [-0.05, 0) is 54.6 Å². The Hall–Kier alpha value is -2.81. The van der Waals surface area contributed by atoms with E-state index in [9.17, 15) is 9.18 Å². The van der Waals surface area contributed by atoms with E-state index >= 15 is 0 Å². The molecule has 0 saturated carbocycles. The first-order valence-electron chi connectivity index (χ1n) is 9.20. The van der Waals surface area contributed by atoms with E-state index in [1.165, 1.54) is 12.1 Å². The highest BCUT2D eigenvalue weighted by atomic mass is 35.5. The maximum atomic E-state index is 13.2. The first-order chi connectivity index (χ1) is 15.1. The van der Waals surface area contributed by atoms with Crippen LogP contribution in [0, 0.1) is 5.82 Å². The molecule has 1 aromatic heterocycles. The molecule has 0 unspecified atom stereocenters. The van der Waals surface area contributed by atoms with Gasteiger partial charge in [0.15, 0.2) is 0 Å². The Labute approximate surface area is 190 Å². The van der Waals surface area contributed by atoms with Crippen LogP contribution in [0.4, 0.5) is 15.8 Å². The van der Waals surface area contributed by atoms with E-state index in [4.69, 9.17) is 16.0 Å². The van der Waals surface area contributed by atoms with E-state index in [0.29, 0.717) is 10.6 Å². The van der Waals surface area contributed by atoms with Crippen molar-refractivity contribution in [3.8, 4) is 11.5 Å². The van der Waals surface area contributed by atoms with Crippen LogP contribution in [-0.4, -0.2) is 21.9 Å². The Morgan fingerprint density at radius 1 is 1.03 bits per heavy atom. The van der Waals surface area contributed by atoms with Gasteiger partial charge >= 0.3 is 0 Å². The largest absolute Gasteiger partial charge is 0.411 e. The van der Waals surface area contributed by atoms with E-state index in [-0.39, 0.29) is 28.6 Å². The number of carbonyl (C=O) groups is 1. The fourth-order valence-corrected chi connectivity index (χ4v) is 4.98.